The van der Waals surface area contributed by atoms with Gasteiger partial charge in [-0.1, -0.05) is 0 Å². The Bertz CT molecular complexity index is 584. The monoisotopic (exact) mass is 253 g/mol. The van der Waals surface area contributed by atoms with Crippen LogP contribution in [0.3, 0.4) is 0 Å². The maximum Gasteiger partial charge on any atom is 0.181 e. The molecule has 1 aliphatic rings. The molecule has 0 saturated carbocycles. The third-order valence-electron chi connectivity index (χ3n) is 2.78. The van der Waals surface area contributed by atoms with Gasteiger partial charge in [0.1, 0.15) is 0 Å². The van der Waals surface area contributed by atoms with Gasteiger partial charge >= 0.3 is 0 Å². The minimum absolute atomic E-state index is 0.706. The highest BCUT2D eigenvalue weighted by Crippen LogP contribution is 2.38. The van der Waals surface area contributed by atoms with Crippen molar-refractivity contribution in [2.24, 2.45) is 12.1 Å². The van der Waals surface area contributed by atoms with Gasteiger partial charge in [0.2, 0.25) is 0 Å². The Morgan fingerprint density at radius 1 is 1.62 bits per heavy atom. The van der Waals surface area contributed by atoms with Crippen molar-refractivity contribution in [2.45, 2.75) is 10.4 Å². The van der Waals surface area contributed by atoms with E-state index in [1.165, 1.54) is 8.91 Å². The van der Waals surface area contributed by atoms with Crippen LogP contribution in [0.1, 0.15) is 17.5 Å². The Morgan fingerprint density at radius 2 is 2.44 bits per heavy atom. The number of nitrogens with one attached hydrogen (secondary N) is 1. The molecule has 0 radical (unpaired) electrons. The molecular weight excluding hydrogens is 242 g/mol. The van der Waals surface area contributed by atoms with E-state index < -0.39 is 6.23 Å². The number of rotatable bonds is 1. The Labute approximate surface area is 101 Å². The number of aliphatic hydroxyl groups excluding tert-OH is 1. The summed E-state index contributed by atoms with van der Waals surface area (Å²) in [4.78, 5) is 0. The molecule has 2 aromatic heterocycles. The number of aryl methyl sites for hydroxylation is 1. The zero-order chi connectivity index (χ0) is 11.3. The third-order valence-corrected chi connectivity index (χ3v) is 5.01. The summed E-state index contributed by atoms with van der Waals surface area (Å²) >= 11 is 3.49. The van der Waals surface area contributed by atoms with Crippen LogP contribution in [-0.2, 0) is 7.05 Å². The molecule has 0 amide bonds. The van der Waals surface area contributed by atoms with Gasteiger partial charge in [-0.25, -0.2) is 0 Å². The van der Waals surface area contributed by atoms with E-state index in [2.05, 4.69) is 22.8 Å². The number of aliphatic hydroxyl groups is 1. The lowest BCUT2D eigenvalue weighted by Gasteiger charge is -2.16. The molecular formula is C10H11N3OS2. The van der Waals surface area contributed by atoms with E-state index in [1.807, 2.05) is 11.6 Å². The Hall–Kier alpha value is -0.980. The Kier molecular flexibility index (Phi) is 2.24. The van der Waals surface area contributed by atoms with Crippen LogP contribution in [0.2, 0.25) is 0 Å². The number of nitrogens with zero attached hydrogens (tertiary/aromatic N) is 2. The molecule has 1 aliphatic heterocycles. The zero-order valence-corrected chi connectivity index (χ0v) is 10.5. The molecule has 4 nitrogen and oxygen atoms in total. The van der Waals surface area contributed by atoms with Crippen LogP contribution in [0.15, 0.2) is 15.4 Å². The lowest BCUT2D eigenvalue weighted by Crippen LogP contribution is -2.22. The van der Waals surface area contributed by atoms with Gasteiger partial charge < -0.3 is 9.67 Å². The van der Waals surface area contributed by atoms with Crippen molar-refractivity contribution < 1.29 is 5.11 Å². The molecule has 0 bridgehead atoms. The SMILES string of the molecule is CSc1cc2c(s1)c1c(n2C)C(O)NN=C1. The first-order valence-electron chi connectivity index (χ1n) is 4.85. The predicted molar refractivity (Wildman–Crippen MR) is 68.3 cm³/mol. The second-order valence-electron chi connectivity index (χ2n) is 3.63. The summed E-state index contributed by atoms with van der Waals surface area (Å²) in [5.41, 5.74) is 5.75. The zero-order valence-electron chi connectivity index (χ0n) is 8.89. The topological polar surface area (TPSA) is 49.5 Å². The molecule has 2 aromatic rings. The normalized spacial score (nSPS) is 18.8. The van der Waals surface area contributed by atoms with Crippen molar-refractivity contribution in [3.05, 3.63) is 17.3 Å². The van der Waals surface area contributed by atoms with Gasteiger partial charge in [-0.05, 0) is 12.3 Å². The molecule has 84 valence electrons. The molecule has 0 aliphatic carbocycles. The summed E-state index contributed by atoms with van der Waals surface area (Å²) in [5.74, 6) is 0. The first-order valence-corrected chi connectivity index (χ1v) is 6.89. The second-order valence-corrected chi connectivity index (χ2v) is 5.79. The molecule has 16 heavy (non-hydrogen) atoms. The number of thioether (sulfide) groups is 1. The van der Waals surface area contributed by atoms with Crippen molar-refractivity contribution in [1.82, 2.24) is 9.99 Å². The van der Waals surface area contributed by atoms with Crippen LogP contribution in [-0.4, -0.2) is 22.1 Å². The van der Waals surface area contributed by atoms with E-state index in [0.29, 0.717) is 0 Å². The molecule has 3 heterocycles. The molecule has 0 saturated heterocycles. The lowest BCUT2D eigenvalue weighted by molar-refractivity contribution is 0.132. The van der Waals surface area contributed by atoms with Crippen molar-refractivity contribution in [2.75, 3.05) is 6.26 Å². The largest absolute Gasteiger partial charge is 0.367 e. The summed E-state index contributed by atoms with van der Waals surface area (Å²) in [5, 5.41) is 13.8. The van der Waals surface area contributed by atoms with E-state index in [4.69, 9.17) is 0 Å². The van der Waals surface area contributed by atoms with E-state index in [9.17, 15) is 5.11 Å². The fourth-order valence-corrected chi connectivity index (χ4v) is 3.77. The quantitative estimate of drug-likeness (QED) is 0.763. The van der Waals surface area contributed by atoms with Gasteiger partial charge in [0.25, 0.3) is 0 Å². The van der Waals surface area contributed by atoms with Crippen molar-refractivity contribution in [3.63, 3.8) is 0 Å². The number of hydrogen-bond acceptors (Lipinski definition) is 5. The van der Waals surface area contributed by atoms with Crippen LogP contribution in [0.4, 0.5) is 0 Å². The maximum absolute atomic E-state index is 9.84. The molecule has 0 spiro atoms. The predicted octanol–water partition coefficient (Wildman–Crippen LogP) is 1.89. The number of thiophene rings is 1. The minimum Gasteiger partial charge on any atom is -0.367 e. The summed E-state index contributed by atoms with van der Waals surface area (Å²) in [6.45, 7) is 0. The highest BCUT2D eigenvalue weighted by atomic mass is 32.2. The molecule has 3 rings (SSSR count). The van der Waals surface area contributed by atoms with E-state index in [1.54, 1.807) is 29.3 Å². The smallest absolute Gasteiger partial charge is 0.181 e. The van der Waals surface area contributed by atoms with Gasteiger partial charge in [-0.15, -0.1) is 23.1 Å². The third kappa shape index (κ3) is 1.24. The molecule has 0 aromatic carbocycles. The van der Waals surface area contributed by atoms with Crippen LogP contribution in [0.5, 0.6) is 0 Å². The minimum atomic E-state index is -0.706. The number of aromatic nitrogens is 1. The Balaban J connectivity index is 2.35. The second kappa shape index (κ2) is 3.51. The van der Waals surface area contributed by atoms with Gasteiger partial charge in [-0.2, -0.15) is 5.10 Å². The fourth-order valence-electron chi connectivity index (χ4n) is 2.02. The summed E-state index contributed by atoms with van der Waals surface area (Å²) in [7, 11) is 1.97. The summed E-state index contributed by atoms with van der Waals surface area (Å²) < 4.78 is 4.51. The van der Waals surface area contributed by atoms with Crippen molar-refractivity contribution >= 4 is 39.5 Å². The van der Waals surface area contributed by atoms with Gasteiger partial charge in [-0.3, -0.25) is 5.43 Å². The van der Waals surface area contributed by atoms with Gasteiger partial charge in [0.15, 0.2) is 6.23 Å². The number of hydrazone groups is 1. The molecule has 2 N–H and O–H groups in total. The summed E-state index contributed by atoms with van der Waals surface area (Å²) in [6, 6.07) is 2.16. The van der Waals surface area contributed by atoms with E-state index in [0.717, 1.165) is 16.8 Å². The van der Waals surface area contributed by atoms with Crippen LogP contribution < -0.4 is 5.43 Å². The van der Waals surface area contributed by atoms with E-state index >= 15 is 0 Å². The fraction of sp³-hybridized carbons (Fsp3) is 0.300. The molecule has 6 heteroatoms. The summed E-state index contributed by atoms with van der Waals surface area (Å²) in [6.07, 6.45) is 3.15. The Morgan fingerprint density at radius 3 is 3.19 bits per heavy atom. The van der Waals surface area contributed by atoms with Crippen LogP contribution in [0.25, 0.3) is 10.2 Å². The lowest BCUT2D eigenvalue weighted by atomic mass is 10.2. The average Bonchev–Trinajstić information content (AvgIpc) is 2.80. The molecule has 1 unspecified atom stereocenters. The standard InChI is InChI=1S/C10H11N3OS2/c1-13-6-3-7(15-2)16-9(6)5-4-11-12-10(14)8(5)13/h3-4,10,12,14H,1-2H3. The maximum atomic E-state index is 9.84. The highest BCUT2D eigenvalue weighted by Gasteiger charge is 2.24. The number of fused-ring (bicyclic) bond motifs is 3. The first-order chi connectivity index (χ1) is 7.72. The van der Waals surface area contributed by atoms with Gasteiger partial charge in [0.05, 0.1) is 26.3 Å². The van der Waals surface area contributed by atoms with Crippen molar-refractivity contribution in [1.29, 1.82) is 0 Å². The van der Waals surface area contributed by atoms with Gasteiger partial charge in [0, 0.05) is 12.6 Å². The average molecular weight is 253 g/mol. The van der Waals surface area contributed by atoms with E-state index in [-0.39, 0.29) is 0 Å². The van der Waals surface area contributed by atoms with Crippen LogP contribution in [0, 0.1) is 0 Å². The first kappa shape index (κ1) is 10.2. The molecule has 1 atom stereocenters. The van der Waals surface area contributed by atoms with Crippen LogP contribution >= 0.6 is 23.1 Å². The molecule has 0 fully saturated rings. The highest BCUT2D eigenvalue weighted by molar-refractivity contribution is 8.00. The van der Waals surface area contributed by atoms with Crippen molar-refractivity contribution in [3.8, 4) is 0 Å². The number of hydrogen-bond donors (Lipinski definition) is 2.